The molecular formula is C23H25ClN2O5. The van der Waals surface area contributed by atoms with Crippen molar-refractivity contribution in [3.8, 4) is 11.5 Å². The van der Waals surface area contributed by atoms with Crippen molar-refractivity contribution in [1.29, 1.82) is 0 Å². The van der Waals surface area contributed by atoms with Crippen LogP contribution in [0.3, 0.4) is 0 Å². The van der Waals surface area contributed by atoms with Gasteiger partial charge in [-0.25, -0.2) is 0 Å². The minimum Gasteiger partial charge on any atom is -0.493 e. The van der Waals surface area contributed by atoms with E-state index in [0.717, 1.165) is 12.1 Å². The van der Waals surface area contributed by atoms with Crippen LogP contribution in [0.4, 0.5) is 11.4 Å². The topological polar surface area (TPSA) is 84.9 Å². The number of ether oxygens (including phenoxy) is 2. The van der Waals surface area contributed by atoms with Gasteiger partial charge in [0.2, 0.25) is 11.8 Å². The smallest absolute Gasteiger partial charge is 0.227 e. The zero-order chi connectivity index (χ0) is 22.4. The van der Waals surface area contributed by atoms with E-state index in [2.05, 4.69) is 5.32 Å². The largest absolute Gasteiger partial charge is 0.493 e. The second-order valence-corrected chi connectivity index (χ2v) is 7.64. The Morgan fingerprint density at radius 1 is 1.16 bits per heavy atom. The number of methoxy groups -OCH3 is 1. The molecule has 1 N–H and O–H groups in total. The van der Waals surface area contributed by atoms with Crippen LogP contribution >= 0.6 is 11.6 Å². The highest BCUT2D eigenvalue weighted by molar-refractivity contribution is 6.33. The van der Waals surface area contributed by atoms with Gasteiger partial charge < -0.3 is 19.7 Å². The summed E-state index contributed by atoms with van der Waals surface area (Å²) in [6.07, 6.45) is 2.07. The van der Waals surface area contributed by atoms with Gasteiger partial charge in [0, 0.05) is 30.6 Å². The van der Waals surface area contributed by atoms with Crippen LogP contribution in [0.15, 0.2) is 36.4 Å². The van der Waals surface area contributed by atoms with Crippen molar-refractivity contribution in [2.75, 3.05) is 30.5 Å². The standard InChI is InChI=1S/C23H25ClN2O5/c1-15(27)16-7-10-20(21(13-16)30-2)31-12-4-5-22(28)25-19-14-17(8-9-18(19)24)26-11-3-6-23(26)29/h7-10,13-14H,3-6,11-12H2,1-2H3,(H,25,28). The molecule has 1 aliphatic heterocycles. The third-order valence-electron chi connectivity index (χ3n) is 4.99. The fourth-order valence-electron chi connectivity index (χ4n) is 3.33. The number of halogens is 1. The quantitative estimate of drug-likeness (QED) is 0.455. The molecule has 0 spiro atoms. The zero-order valence-corrected chi connectivity index (χ0v) is 18.3. The molecule has 0 aromatic heterocycles. The van der Waals surface area contributed by atoms with E-state index < -0.39 is 0 Å². The first-order chi connectivity index (χ1) is 14.9. The molecule has 7 nitrogen and oxygen atoms in total. The van der Waals surface area contributed by atoms with Crippen LogP contribution in [0.2, 0.25) is 5.02 Å². The number of rotatable bonds is 9. The Morgan fingerprint density at radius 3 is 2.65 bits per heavy atom. The van der Waals surface area contributed by atoms with Crippen molar-refractivity contribution < 1.29 is 23.9 Å². The van der Waals surface area contributed by atoms with E-state index >= 15 is 0 Å². The van der Waals surface area contributed by atoms with E-state index in [1.807, 2.05) is 0 Å². The molecule has 0 bridgehead atoms. The Morgan fingerprint density at radius 2 is 1.97 bits per heavy atom. The molecule has 0 atom stereocenters. The van der Waals surface area contributed by atoms with Gasteiger partial charge in [-0.1, -0.05) is 11.6 Å². The van der Waals surface area contributed by atoms with Crippen LogP contribution in [0.1, 0.15) is 43.0 Å². The third kappa shape index (κ3) is 5.76. The number of ketones is 1. The minimum atomic E-state index is -0.200. The van der Waals surface area contributed by atoms with E-state index in [1.165, 1.54) is 14.0 Å². The lowest BCUT2D eigenvalue weighted by atomic mass is 10.1. The van der Waals surface area contributed by atoms with Crippen LogP contribution < -0.4 is 19.7 Å². The maximum atomic E-state index is 12.3. The first-order valence-corrected chi connectivity index (χ1v) is 10.5. The van der Waals surface area contributed by atoms with Gasteiger partial charge >= 0.3 is 0 Å². The van der Waals surface area contributed by atoms with Gasteiger partial charge in [0.05, 0.1) is 24.4 Å². The highest BCUT2D eigenvalue weighted by Crippen LogP contribution is 2.30. The molecule has 1 heterocycles. The molecule has 0 unspecified atom stereocenters. The Bertz CT molecular complexity index is 992. The van der Waals surface area contributed by atoms with Crippen molar-refractivity contribution in [2.45, 2.75) is 32.6 Å². The van der Waals surface area contributed by atoms with Gasteiger partial charge in [0.25, 0.3) is 0 Å². The van der Waals surface area contributed by atoms with Crippen LogP contribution in [-0.4, -0.2) is 37.9 Å². The summed E-state index contributed by atoms with van der Waals surface area (Å²) in [4.78, 5) is 37.5. The number of nitrogens with zero attached hydrogens (tertiary/aromatic N) is 1. The Kier molecular flexibility index (Phi) is 7.52. The number of hydrogen-bond donors (Lipinski definition) is 1. The molecule has 3 rings (SSSR count). The van der Waals surface area contributed by atoms with E-state index in [1.54, 1.807) is 41.3 Å². The molecule has 2 aromatic rings. The van der Waals surface area contributed by atoms with Crippen molar-refractivity contribution in [3.05, 3.63) is 47.0 Å². The third-order valence-corrected chi connectivity index (χ3v) is 5.31. The average Bonchev–Trinajstić information content (AvgIpc) is 3.18. The molecule has 0 saturated carbocycles. The lowest BCUT2D eigenvalue weighted by molar-refractivity contribution is -0.117. The molecule has 2 aromatic carbocycles. The second kappa shape index (κ2) is 10.3. The number of anilines is 2. The maximum Gasteiger partial charge on any atom is 0.227 e. The number of carbonyl (C=O) groups excluding carboxylic acids is 3. The maximum absolute atomic E-state index is 12.3. The number of hydrogen-bond acceptors (Lipinski definition) is 5. The number of amides is 2. The number of Topliss-reactive ketones (excluding diaryl/α,β-unsaturated/α-hetero) is 1. The summed E-state index contributed by atoms with van der Waals surface area (Å²) in [6.45, 7) is 2.46. The summed E-state index contributed by atoms with van der Waals surface area (Å²) in [6, 6.07) is 10.2. The van der Waals surface area contributed by atoms with Gasteiger partial charge in [-0.15, -0.1) is 0 Å². The van der Waals surface area contributed by atoms with Crippen molar-refractivity contribution >= 4 is 40.6 Å². The second-order valence-electron chi connectivity index (χ2n) is 7.24. The summed E-state index contributed by atoms with van der Waals surface area (Å²) >= 11 is 6.21. The predicted molar refractivity (Wildman–Crippen MR) is 119 cm³/mol. The number of nitrogens with one attached hydrogen (secondary N) is 1. The summed E-state index contributed by atoms with van der Waals surface area (Å²) in [5.41, 5.74) is 1.75. The van der Waals surface area contributed by atoms with Crippen LogP contribution in [0, 0.1) is 0 Å². The fourth-order valence-corrected chi connectivity index (χ4v) is 3.50. The SMILES string of the molecule is COc1cc(C(C)=O)ccc1OCCCC(=O)Nc1cc(N2CCCC2=O)ccc1Cl. The molecule has 1 aliphatic rings. The van der Waals surface area contributed by atoms with Crippen molar-refractivity contribution in [3.63, 3.8) is 0 Å². The molecule has 8 heteroatoms. The summed E-state index contributed by atoms with van der Waals surface area (Å²) < 4.78 is 11.0. The average molecular weight is 445 g/mol. The van der Waals surface area contributed by atoms with Crippen molar-refractivity contribution in [1.82, 2.24) is 0 Å². The van der Waals surface area contributed by atoms with E-state index in [0.29, 0.717) is 53.8 Å². The Labute approximate surface area is 186 Å². The molecular weight excluding hydrogens is 420 g/mol. The van der Waals surface area contributed by atoms with Crippen LogP contribution in [0.5, 0.6) is 11.5 Å². The molecule has 164 valence electrons. The summed E-state index contributed by atoms with van der Waals surface area (Å²) in [7, 11) is 1.51. The summed E-state index contributed by atoms with van der Waals surface area (Å²) in [5.74, 6) is 0.798. The lowest BCUT2D eigenvalue weighted by Gasteiger charge is -2.17. The zero-order valence-electron chi connectivity index (χ0n) is 17.6. The number of carbonyl (C=O) groups is 3. The fraction of sp³-hybridized carbons (Fsp3) is 0.348. The van der Waals surface area contributed by atoms with Gasteiger partial charge in [-0.05, 0) is 56.2 Å². The van der Waals surface area contributed by atoms with Crippen molar-refractivity contribution in [2.24, 2.45) is 0 Å². The normalized spacial score (nSPS) is 13.3. The molecule has 2 amide bonds. The first kappa shape index (κ1) is 22.6. The molecule has 1 saturated heterocycles. The molecule has 1 fully saturated rings. The summed E-state index contributed by atoms with van der Waals surface area (Å²) in [5, 5.41) is 3.22. The van der Waals surface area contributed by atoms with Crippen LogP contribution in [0.25, 0.3) is 0 Å². The van der Waals surface area contributed by atoms with Gasteiger partial charge in [-0.2, -0.15) is 0 Å². The Balaban J connectivity index is 1.52. The molecule has 0 radical (unpaired) electrons. The van der Waals surface area contributed by atoms with E-state index in [4.69, 9.17) is 21.1 Å². The van der Waals surface area contributed by atoms with E-state index in [-0.39, 0.29) is 24.0 Å². The predicted octanol–water partition coefficient (Wildman–Crippen LogP) is 4.48. The van der Waals surface area contributed by atoms with Crippen LogP contribution in [-0.2, 0) is 9.59 Å². The highest BCUT2D eigenvalue weighted by Gasteiger charge is 2.22. The van der Waals surface area contributed by atoms with E-state index in [9.17, 15) is 14.4 Å². The lowest BCUT2D eigenvalue weighted by Crippen LogP contribution is -2.23. The monoisotopic (exact) mass is 444 g/mol. The molecule has 0 aliphatic carbocycles. The Hall–Kier alpha value is -3.06. The minimum absolute atomic E-state index is 0.0571. The van der Waals surface area contributed by atoms with Gasteiger partial charge in [0.1, 0.15) is 0 Å². The number of benzene rings is 2. The van der Waals surface area contributed by atoms with Gasteiger partial charge in [0.15, 0.2) is 17.3 Å². The van der Waals surface area contributed by atoms with Gasteiger partial charge in [-0.3, -0.25) is 14.4 Å². The highest BCUT2D eigenvalue weighted by atomic mass is 35.5. The molecule has 31 heavy (non-hydrogen) atoms. The first-order valence-electron chi connectivity index (χ1n) is 10.1.